The zero-order valence-corrected chi connectivity index (χ0v) is 12.4. The third kappa shape index (κ3) is 6.71. The molecule has 0 aliphatic heterocycles. The van der Waals surface area contributed by atoms with Crippen LogP contribution in [0.25, 0.3) is 0 Å². The number of allylic oxidation sites excluding steroid dienone is 1. The van der Waals surface area contributed by atoms with Crippen molar-refractivity contribution in [3.8, 4) is 5.75 Å². The summed E-state index contributed by atoms with van der Waals surface area (Å²) >= 11 is 0. The third-order valence-electron chi connectivity index (χ3n) is 3.27. The van der Waals surface area contributed by atoms with E-state index in [4.69, 9.17) is 10.5 Å². The minimum Gasteiger partial charge on any atom is -0.493 e. The zero-order chi connectivity index (χ0) is 14.8. The largest absolute Gasteiger partial charge is 0.493 e. The lowest BCUT2D eigenvalue weighted by Crippen LogP contribution is -2.21. The van der Waals surface area contributed by atoms with Gasteiger partial charge in [-0.05, 0) is 56.2 Å². The van der Waals surface area contributed by atoms with Crippen molar-refractivity contribution < 1.29 is 9.13 Å². The molecule has 1 atom stereocenters. The summed E-state index contributed by atoms with van der Waals surface area (Å²) in [7, 11) is 0. The second-order valence-electron chi connectivity index (χ2n) is 5.15. The lowest BCUT2D eigenvalue weighted by molar-refractivity contribution is 0.303. The highest BCUT2D eigenvalue weighted by Gasteiger charge is 2.06. The van der Waals surface area contributed by atoms with Gasteiger partial charge in [-0.15, -0.1) is 6.58 Å². The highest BCUT2D eigenvalue weighted by molar-refractivity contribution is 5.30. The van der Waals surface area contributed by atoms with Gasteiger partial charge in [0.2, 0.25) is 0 Å². The highest BCUT2D eigenvalue weighted by Crippen LogP contribution is 2.18. The number of unbranched alkanes of at least 4 members (excludes halogenated alkanes) is 3. The van der Waals surface area contributed by atoms with E-state index in [-0.39, 0.29) is 11.9 Å². The Morgan fingerprint density at radius 2 is 2.10 bits per heavy atom. The molecule has 0 aliphatic rings. The lowest BCUT2D eigenvalue weighted by atomic mass is 10.0. The predicted molar refractivity (Wildman–Crippen MR) is 82.5 cm³/mol. The van der Waals surface area contributed by atoms with Crippen molar-refractivity contribution in [2.75, 3.05) is 6.61 Å². The number of benzene rings is 1. The van der Waals surface area contributed by atoms with Crippen LogP contribution in [0.4, 0.5) is 4.39 Å². The topological polar surface area (TPSA) is 35.2 Å². The maximum absolute atomic E-state index is 13.5. The molecule has 0 aromatic heterocycles. The van der Waals surface area contributed by atoms with Crippen LogP contribution >= 0.6 is 0 Å². The number of rotatable bonds is 10. The van der Waals surface area contributed by atoms with E-state index < -0.39 is 0 Å². The van der Waals surface area contributed by atoms with Gasteiger partial charge in [-0.25, -0.2) is 4.39 Å². The SMILES string of the molecule is C=CCCCCCOc1cc(F)cc(CC(N)CC)c1. The molecule has 112 valence electrons. The summed E-state index contributed by atoms with van der Waals surface area (Å²) in [5.41, 5.74) is 6.81. The van der Waals surface area contributed by atoms with E-state index in [0.717, 1.165) is 37.7 Å². The van der Waals surface area contributed by atoms with Crippen molar-refractivity contribution in [1.82, 2.24) is 0 Å². The van der Waals surface area contributed by atoms with Crippen molar-refractivity contribution in [2.45, 2.75) is 51.5 Å². The van der Waals surface area contributed by atoms with Crippen LogP contribution in [0.1, 0.15) is 44.6 Å². The molecular weight excluding hydrogens is 253 g/mol. The standard InChI is InChI=1S/C17H26FNO/c1-3-5-6-7-8-9-20-17-12-14(10-15(18)13-17)11-16(19)4-2/h3,10,12-13,16H,1,4-9,11,19H2,2H3. The summed E-state index contributed by atoms with van der Waals surface area (Å²) in [6.45, 7) is 6.35. The molecule has 0 spiro atoms. The second kappa shape index (κ2) is 9.54. The summed E-state index contributed by atoms with van der Waals surface area (Å²) in [4.78, 5) is 0. The number of hydrogen-bond donors (Lipinski definition) is 1. The fraction of sp³-hybridized carbons (Fsp3) is 0.529. The lowest BCUT2D eigenvalue weighted by Gasteiger charge is -2.11. The van der Waals surface area contributed by atoms with Crippen LogP contribution in [-0.4, -0.2) is 12.6 Å². The molecule has 0 heterocycles. The van der Waals surface area contributed by atoms with Crippen LogP contribution < -0.4 is 10.5 Å². The molecule has 1 rings (SSSR count). The average molecular weight is 279 g/mol. The van der Waals surface area contributed by atoms with Crippen LogP contribution in [0.3, 0.4) is 0 Å². The first-order valence-corrected chi connectivity index (χ1v) is 7.44. The summed E-state index contributed by atoms with van der Waals surface area (Å²) in [6, 6.07) is 4.93. The summed E-state index contributed by atoms with van der Waals surface area (Å²) in [5, 5.41) is 0. The molecule has 0 saturated heterocycles. The van der Waals surface area contributed by atoms with Crippen LogP contribution in [0.15, 0.2) is 30.9 Å². The maximum Gasteiger partial charge on any atom is 0.127 e. The van der Waals surface area contributed by atoms with Gasteiger partial charge in [0.1, 0.15) is 11.6 Å². The Kier molecular flexibility index (Phi) is 7.97. The van der Waals surface area contributed by atoms with Gasteiger partial charge in [-0.2, -0.15) is 0 Å². The highest BCUT2D eigenvalue weighted by atomic mass is 19.1. The normalized spacial score (nSPS) is 12.2. The van der Waals surface area contributed by atoms with E-state index in [1.54, 1.807) is 0 Å². The molecule has 3 heteroatoms. The molecule has 1 aromatic rings. The first-order valence-electron chi connectivity index (χ1n) is 7.44. The van der Waals surface area contributed by atoms with Gasteiger partial charge in [0.15, 0.2) is 0 Å². The summed E-state index contributed by atoms with van der Waals surface area (Å²) in [5.74, 6) is 0.347. The minimum atomic E-state index is -0.257. The molecule has 2 N–H and O–H groups in total. The molecule has 1 unspecified atom stereocenters. The molecule has 2 nitrogen and oxygen atoms in total. The Morgan fingerprint density at radius 3 is 2.80 bits per heavy atom. The average Bonchev–Trinajstić information content (AvgIpc) is 2.42. The van der Waals surface area contributed by atoms with Gasteiger partial charge >= 0.3 is 0 Å². The number of nitrogens with two attached hydrogens (primary N) is 1. The zero-order valence-electron chi connectivity index (χ0n) is 12.4. The Bertz CT molecular complexity index is 406. The Morgan fingerprint density at radius 1 is 1.30 bits per heavy atom. The summed E-state index contributed by atoms with van der Waals surface area (Å²) in [6.07, 6.45) is 7.76. The van der Waals surface area contributed by atoms with Crippen molar-refractivity contribution in [2.24, 2.45) is 5.73 Å². The second-order valence-corrected chi connectivity index (χ2v) is 5.15. The van der Waals surface area contributed by atoms with Gasteiger partial charge in [-0.1, -0.05) is 13.0 Å². The first kappa shape index (κ1) is 16.7. The molecule has 20 heavy (non-hydrogen) atoms. The van der Waals surface area contributed by atoms with Crippen molar-refractivity contribution >= 4 is 0 Å². The van der Waals surface area contributed by atoms with E-state index in [0.29, 0.717) is 18.8 Å². The van der Waals surface area contributed by atoms with E-state index in [2.05, 4.69) is 6.58 Å². The third-order valence-corrected chi connectivity index (χ3v) is 3.27. The molecule has 0 fully saturated rings. The Labute approximate surface area is 121 Å². The molecule has 0 amide bonds. The number of ether oxygens (including phenoxy) is 1. The van der Waals surface area contributed by atoms with Crippen LogP contribution in [0.5, 0.6) is 5.75 Å². The van der Waals surface area contributed by atoms with Gasteiger partial charge in [-0.3, -0.25) is 0 Å². The molecule has 0 radical (unpaired) electrons. The fourth-order valence-electron chi connectivity index (χ4n) is 2.03. The maximum atomic E-state index is 13.5. The molecular formula is C17H26FNO. The monoisotopic (exact) mass is 279 g/mol. The Balaban J connectivity index is 2.43. The number of hydrogen-bond acceptors (Lipinski definition) is 2. The van der Waals surface area contributed by atoms with Gasteiger partial charge in [0.25, 0.3) is 0 Å². The fourth-order valence-corrected chi connectivity index (χ4v) is 2.03. The quantitative estimate of drug-likeness (QED) is 0.514. The summed E-state index contributed by atoms with van der Waals surface area (Å²) < 4.78 is 19.1. The van der Waals surface area contributed by atoms with Crippen LogP contribution in [-0.2, 0) is 6.42 Å². The molecule has 1 aromatic carbocycles. The van der Waals surface area contributed by atoms with Crippen molar-refractivity contribution in [1.29, 1.82) is 0 Å². The minimum absolute atomic E-state index is 0.0727. The molecule has 0 aliphatic carbocycles. The van der Waals surface area contributed by atoms with E-state index in [1.807, 2.05) is 19.1 Å². The smallest absolute Gasteiger partial charge is 0.127 e. The van der Waals surface area contributed by atoms with Crippen LogP contribution in [0, 0.1) is 5.82 Å². The first-order chi connectivity index (χ1) is 9.65. The number of halogens is 1. The van der Waals surface area contributed by atoms with Gasteiger partial charge in [0, 0.05) is 12.1 Å². The molecule has 0 bridgehead atoms. The van der Waals surface area contributed by atoms with E-state index >= 15 is 0 Å². The predicted octanol–water partition coefficient (Wildman–Crippen LogP) is 4.23. The van der Waals surface area contributed by atoms with E-state index in [1.165, 1.54) is 12.1 Å². The molecule has 0 saturated carbocycles. The Hall–Kier alpha value is -1.35. The van der Waals surface area contributed by atoms with E-state index in [9.17, 15) is 4.39 Å². The van der Waals surface area contributed by atoms with Gasteiger partial charge < -0.3 is 10.5 Å². The van der Waals surface area contributed by atoms with Crippen LogP contribution in [0.2, 0.25) is 0 Å². The van der Waals surface area contributed by atoms with Crippen molar-refractivity contribution in [3.63, 3.8) is 0 Å². The van der Waals surface area contributed by atoms with Gasteiger partial charge in [0.05, 0.1) is 6.61 Å². The van der Waals surface area contributed by atoms with Crippen molar-refractivity contribution in [3.05, 3.63) is 42.2 Å².